The third-order valence-corrected chi connectivity index (χ3v) is 2.92. The molecule has 0 saturated carbocycles. The molecular weight excluding hydrogens is 298 g/mol. The van der Waals surface area contributed by atoms with Crippen LogP contribution in [0.2, 0.25) is 5.15 Å². The van der Waals surface area contributed by atoms with Crippen molar-refractivity contribution in [3.63, 3.8) is 0 Å². The van der Waals surface area contributed by atoms with Gasteiger partial charge in [-0.25, -0.2) is 9.97 Å². The van der Waals surface area contributed by atoms with Crippen LogP contribution in [0, 0.1) is 10.1 Å². The molecule has 0 N–H and O–H groups in total. The van der Waals surface area contributed by atoms with Crippen LogP contribution in [0.3, 0.4) is 0 Å². The molecule has 1 aromatic heterocycles. The third-order valence-electron chi connectivity index (χ3n) is 2.65. The number of nitro groups is 1. The number of hydrogen-bond acceptors (Lipinski definition) is 6. The van der Waals surface area contributed by atoms with Gasteiger partial charge in [0.05, 0.1) is 11.5 Å². The van der Waals surface area contributed by atoms with Crippen LogP contribution in [0.15, 0.2) is 30.6 Å². The molecule has 2 rings (SSSR count). The Labute approximate surface area is 125 Å². The molecule has 0 amide bonds. The average Bonchev–Trinajstić information content (AvgIpc) is 2.47. The zero-order valence-corrected chi connectivity index (χ0v) is 11.9. The lowest BCUT2D eigenvalue weighted by Gasteiger charge is -2.10. The van der Waals surface area contributed by atoms with Gasteiger partial charge in [-0.3, -0.25) is 10.1 Å². The van der Waals surface area contributed by atoms with Gasteiger partial charge < -0.3 is 9.47 Å². The molecule has 0 radical (unpaired) electrons. The first kappa shape index (κ1) is 15.1. The molecule has 0 unspecified atom stereocenters. The molecule has 1 aromatic carbocycles. The van der Waals surface area contributed by atoms with Gasteiger partial charge in [-0.15, -0.1) is 0 Å². The first-order valence-corrected chi connectivity index (χ1v) is 6.39. The molecule has 0 aliphatic rings. The molecule has 110 valence electrons. The van der Waals surface area contributed by atoms with Gasteiger partial charge in [0.15, 0.2) is 5.69 Å². The van der Waals surface area contributed by atoms with E-state index in [0.29, 0.717) is 24.5 Å². The minimum Gasteiger partial charge on any atom is -0.490 e. The zero-order chi connectivity index (χ0) is 15.2. The number of hydrogen-bond donors (Lipinski definition) is 0. The van der Waals surface area contributed by atoms with E-state index in [9.17, 15) is 10.1 Å². The SMILES string of the molecule is COCCOc1ccccc1-c1ncnc(Cl)c1[N+](=O)[O-]. The Kier molecular flexibility index (Phi) is 5.02. The number of aromatic nitrogens is 2. The van der Waals surface area contributed by atoms with Gasteiger partial charge in [0.25, 0.3) is 0 Å². The largest absolute Gasteiger partial charge is 0.490 e. The number of benzene rings is 1. The van der Waals surface area contributed by atoms with Gasteiger partial charge in [-0.1, -0.05) is 23.7 Å². The van der Waals surface area contributed by atoms with E-state index in [1.165, 1.54) is 6.33 Å². The normalized spacial score (nSPS) is 10.4. The Morgan fingerprint density at radius 3 is 2.76 bits per heavy atom. The molecule has 21 heavy (non-hydrogen) atoms. The van der Waals surface area contributed by atoms with E-state index in [1.54, 1.807) is 31.4 Å². The summed E-state index contributed by atoms with van der Waals surface area (Å²) in [6.45, 7) is 0.723. The molecule has 0 spiro atoms. The molecule has 0 saturated heterocycles. The van der Waals surface area contributed by atoms with E-state index in [4.69, 9.17) is 21.1 Å². The second-order valence-corrected chi connectivity index (χ2v) is 4.31. The Morgan fingerprint density at radius 2 is 2.05 bits per heavy atom. The maximum absolute atomic E-state index is 11.2. The fraction of sp³-hybridized carbons (Fsp3) is 0.231. The van der Waals surface area contributed by atoms with Gasteiger partial charge in [0, 0.05) is 12.7 Å². The van der Waals surface area contributed by atoms with Gasteiger partial charge in [-0.05, 0) is 12.1 Å². The standard InChI is InChI=1S/C13H12ClN3O4/c1-20-6-7-21-10-5-3-2-4-9(10)11-12(17(18)19)13(14)16-8-15-11/h2-5,8H,6-7H2,1H3. The molecule has 0 bridgehead atoms. The number of para-hydroxylation sites is 1. The van der Waals surface area contributed by atoms with Crippen molar-refractivity contribution < 1.29 is 14.4 Å². The highest BCUT2D eigenvalue weighted by atomic mass is 35.5. The summed E-state index contributed by atoms with van der Waals surface area (Å²) < 4.78 is 10.5. The van der Waals surface area contributed by atoms with Crippen molar-refractivity contribution in [2.75, 3.05) is 20.3 Å². The first-order valence-electron chi connectivity index (χ1n) is 6.01. The number of methoxy groups -OCH3 is 1. The molecular formula is C13H12ClN3O4. The number of ether oxygens (including phenoxy) is 2. The molecule has 7 nitrogen and oxygen atoms in total. The van der Waals surface area contributed by atoms with Crippen LogP contribution in [-0.2, 0) is 4.74 Å². The second-order valence-electron chi connectivity index (χ2n) is 3.96. The monoisotopic (exact) mass is 309 g/mol. The van der Waals surface area contributed by atoms with E-state index < -0.39 is 4.92 Å². The topological polar surface area (TPSA) is 87.4 Å². The number of rotatable bonds is 6. The van der Waals surface area contributed by atoms with Crippen molar-refractivity contribution >= 4 is 17.3 Å². The lowest BCUT2D eigenvalue weighted by molar-refractivity contribution is -0.384. The van der Waals surface area contributed by atoms with Crippen LogP contribution < -0.4 is 4.74 Å². The summed E-state index contributed by atoms with van der Waals surface area (Å²) in [7, 11) is 1.56. The summed E-state index contributed by atoms with van der Waals surface area (Å²) in [6.07, 6.45) is 1.18. The Hall–Kier alpha value is -2.25. The zero-order valence-electron chi connectivity index (χ0n) is 11.2. The molecule has 0 fully saturated rings. The smallest absolute Gasteiger partial charge is 0.332 e. The van der Waals surface area contributed by atoms with Crippen molar-refractivity contribution in [2.24, 2.45) is 0 Å². The fourth-order valence-corrected chi connectivity index (χ4v) is 1.94. The van der Waals surface area contributed by atoms with Gasteiger partial charge in [0.1, 0.15) is 18.7 Å². The maximum Gasteiger partial charge on any atom is 0.332 e. The van der Waals surface area contributed by atoms with Crippen LogP contribution in [-0.4, -0.2) is 35.2 Å². The minimum atomic E-state index is -0.608. The van der Waals surface area contributed by atoms with Crippen molar-refractivity contribution in [1.82, 2.24) is 9.97 Å². The lowest BCUT2D eigenvalue weighted by Crippen LogP contribution is -2.06. The fourth-order valence-electron chi connectivity index (χ4n) is 1.74. The Bertz CT molecular complexity index is 651. The quantitative estimate of drug-likeness (QED) is 0.353. The van der Waals surface area contributed by atoms with Crippen molar-refractivity contribution in [3.8, 4) is 17.0 Å². The summed E-state index contributed by atoms with van der Waals surface area (Å²) in [5, 5.41) is 11.0. The predicted octanol–water partition coefficient (Wildman–Crippen LogP) is 2.73. The molecule has 0 aliphatic heterocycles. The van der Waals surface area contributed by atoms with E-state index in [1.807, 2.05) is 0 Å². The first-order chi connectivity index (χ1) is 10.1. The summed E-state index contributed by atoms with van der Waals surface area (Å²) in [5.41, 5.74) is 0.250. The molecule has 0 atom stereocenters. The van der Waals surface area contributed by atoms with Gasteiger partial charge >= 0.3 is 5.69 Å². The van der Waals surface area contributed by atoms with Gasteiger partial charge in [0.2, 0.25) is 5.15 Å². The number of halogens is 1. The van der Waals surface area contributed by atoms with Crippen molar-refractivity contribution in [3.05, 3.63) is 45.9 Å². The van der Waals surface area contributed by atoms with Gasteiger partial charge in [-0.2, -0.15) is 0 Å². The predicted molar refractivity (Wildman–Crippen MR) is 76.5 cm³/mol. The summed E-state index contributed by atoms with van der Waals surface area (Å²) >= 11 is 5.80. The average molecular weight is 310 g/mol. The van der Waals surface area contributed by atoms with Crippen molar-refractivity contribution in [2.45, 2.75) is 0 Å². The van der Waals surface area contributed by atoms with Crippen LogP contribution in [0.1, 0.15) is 0 Å². The molecule has 1 heterocycles. The Balaban J connectivity index is 2.47. The highest BCUT2D eigenvalue weighted by molar-refractivity contribution is 6.31. The van der Waals surface area contributed by atoms with Crippen LogP contribution in [0.4, 0.5) is 5.69 Å². The van der Waals surface area contributed by atoms with Crippen LogP contribution in [0.25, 0.3) is 11.3 Å². The lowest BCUT2D eigenvalue weighted by atomic mass is 10.1. The summed E-state index contributed by atoms with van der Waals surface area (Å²) in [5.74, 6) is 0.465. The maximum atomic E-state index is 11.2. The van der Waals surface area contributed by atoms with Crippen LogP contribution >= 0.6 is 11.6 Å². The molecule has 0 aliphatic carbocycles. The molecule has 8 heteroatoms. The number of nitrogens with zero attached hydrogens (tertiary/aromatic N) is 3. The van der Waals surface area contributed by atoms with E-state index >= 15 is 0 Å². The van der Waals surface area contributed by atoms with E-state index in [0.717, 1.165) is 0 Å². The van der Waals surface area contributed by atoms with E-state index in [-0.39, 0.29) is 16.5 Å². The van der Waals surface area contributed by atoms with Crippen molar-refractivity contribution in [1.29, 1.82) is 0 Å². The highest BCUT2D eigenvalue weighted by Gasteiger charge is 2.24. The molecule has 2 aromatic rings. The third kappa shape index (κ3) is 3.45. The summed E-state index contributed by atoms with van der Waals surface area (Å²) in [6, 6.07) is 6.87. The second kappa shape index (κ2) is 6.96. The Morgan fingerprint density at radius 1 is 1.29 bits per heavy atom. The van der Waals surface area contributed by atoms with E-state index in [2.05, 4.69) is 9.97 Å². The van der Waals surface area contributed by atoms with Crippen LogP contribution in [0.5, 0.6) is 5.75 Å². The minimum absolute atomic E-state index is 0.119. The highest BCUT2D eigenvalue weighted by Crippen LogP contribution is 2.37. The summed E-state index contributed by atoms with van der Waals surface area (Å²) in [4.78, 5) is 18.2.